The summed E-state index contributed by atoms with van der Waals surface area (Å²) in [5.41, 5.74) is 4.99. The van der Waals surface area contributed by atoms with Crippen LogP contribution in [0.4, 0.5) is 0 Å². The highest BCUT2D eigenvalue weighted by atomic mass is 35.5. The second kappa shape index (κ2) is 7.87. The molecule has 2 aromatic rings. The molecule has 0 radical (unpaired) electrons. The molecule has 0 amide bonds. The van der Waals surface area contributed by atoms with Gasteiger partial charge in [-0.1, -0.05) is 42.1 Å². The van der Waals surface area contributed by atoms with Crippen LogP contribution in [0.3, 0.4) is 0 Å². The fraction of sp³-hybridized carbons (Fsp3) is 0.125. The molecule has 3 rings (SSSR count). The zero-order valence-electron chi connectivity index (χ0n) is 12.0. The monoisotopic (exact) mass is 333 g/mol. The topological polar surface area (TPSA) is 46.0 Å². The first kappa shape index (κ1) is 16.4. The van der Waals surface area contributed by atoms with Gasteiger partial charge in [0.2, 0.25) is 0 Å². The van der Waals surface area contributed by atoms with E-state index < -0.39 is 0 Å². The number of hydrogen-bond acceptors (Lipinski definition) is 4. The van der Waals surface area contributed by atoms with Gasteiger partial charge < -0.3 is 4.74 Å². The van der Waals surface area contributed by atoms with Crippen molar-refractivity contribution in [2.24, 2.45) is 10.1 Å². The van der Waals surface area contributed by atoms with Crippen molar-refractivity contribution >= 4 is 35.0 Å². The molecule has 0 spiro atoms. The van der Waals surface area contributed by atoms with Crippen LogP contribution < -0.4 is 10.2 Å². The number of hydrogen-bond donors (Lipinski definition) is 1. The molecule has 0 atom stereocenters. The Hall–Kier alpha value is -1.98. The standard InChI is InChI=1S/C16H15N3OS.ClH/c1-17-16-19-18-15(11-21-16)12-6-5-9-14(10-12)20-13-7-3-2-4-8-13;/h2-10H,11H2,1H3,(H,17,19);1H. The Kier molecular flexibility index (Phi) is 5.86. The van der Waals surface area contributed by atoms with Crippen molar-refractivity contribution < 1.29 is 4.74 Å². The molecule has 0 unspecified atom stereocenters. The van der Waals surface area contributed by atoms with Gasteiger partial charge in [-0.2, -0.15) is 5.10 Å². The highest BCUT2D eigenvalue weighted by Gasteiger charge is 2.13. The number of rotatable bonds is 3. The summed E-state index contributed by atoms with van der Waals surface area (Å²) >= 11 is 1.64. The second-order valence-electron chi connectivity index (χ2n) is 4.43. The smallest absolute Gasteiger partial charge is 0.177 e. The first-order chi connectivity index (χ1) is 10.3. The first-order valence-corrected chi connectivity index (χ1v) is 7.59. The van der Waals surface area contributed by atoms with Crippen molar-refractivity contribution in [2.75, 3.05) is 12.8 Å². The summed E-state index contributed by atoms with van der Waals surface area (Å²) < 4.78 is 5.85. The molecular formula is C16H16ClN3OS. The molecular weight excluding hydrogens is 318 g/mol. The summed E-state index contributed by atoms with van der Waals surface area (Å²) in [5, 5.41) is 5.20. The Morgan fingerprint density at radius 3 is 2.55 bits per heavy atom. The number of para-hydroxylation sites is 1. The fourth-order valence-corrected chi connectivity index (χ4v) is 2.69. The molecule has 0 saturated carbocycles. The van der Waals surface area contributed by atoms with Crippen LogP contribution in [0, 0.1) is 0 Å². The summed E-state index contributed by atoms with van der Waals surface area (Å²) in [7, 11) is 1.75. The van der Waals surface area contributed by atoms with Crippen molar-refractivity contribution in [2.45, 2.75) is 0 Å². The fourth-order valence-electron chi connectivity index (χ4n) is 1.94. The predicted molar refractivity (Wildman–Crippen MR) is 95.7 cm³/mol. The Labute approximate surface area is 140 Å². The number of nitrogens with one attached hydrogen (secondary N) is 1. The van der Waals surface area contributed by atoms with Crippen LogP contribution in [-0.4, -0.2) is 23.7 Å². The largest absolute Gasteiger partial charge is 0.457 e. The van der Waals surface area contributed by atoms with Crippen molar-refractivity contribution in [3.05, 3.63) is 60.2 Å². The maximum atomic E-state index is 5.85. The molecule has 2 aromatic carbocycles. The van der Waals surface area contributed by atoms with E-state index in [2.05, 4.69) is 15.5 Å². The summed E-state index contributed by atoms with van der Waals surface area (Å²) in [5.74, 6) is 2.43. The maximum absolute atomic E-state index is 5.85. The molecule has 1 heterocycles. The number of hydrazone groups is 1. The minimum absolute atomic E-state index is 0. The summed E-state index contributed by atoms with van der Waals surface area (Å²) in [4.78, 5) is 4.09. The second-order valence-corrected chi connectivity index (χ2v) is 5.39. The van der Waals surface area contributed by atoms with E-state index in [0.29, 0.717) is 0 Å². The molecule has 0 bridgehead atoms. The van der Waals surface area contributed by atoms with Crippen LogP contribution in [-0.2, 0) is 0 Å². The minimum Gasteiger partial charge on any atom is -0.457 e. The van der Waals surface area contributed by atoms with Crippen LogP contribution in [0.15, 0.2) is 64.7 Å². The highest BCUT2D eigenvalue weighted by molar-refractivity contribution is 8.14. The van der Waals surface area contributed by atoms with E-state index in [1.165, 1.54) is 0 Å². The molecule has 22 heavy (non-hydrogen) atoms. The third-order valence-corrected chi connectivity index (χ3v) is 3.95. The number of thioether (sulfide) groups is 1. The molecule has 0 fully saturated rings. The van der Waals surface area contributed by atoms with Gasteiger partial charge in [0, 0.05) is 18.4 Å². The van der Waals surface area contributed by atoms with Gasteiger partial charge >= 0.3 is 0 Å². The van der Waals surface area contributed by atoms with Crippen molar-refractivity contribution in [1.29, 1.82) is 0 Å². The van der Waals surface area contributed by atoms with Crippen LogP contribution in [0.2, 0.25) is 0 Å². The van der Waals surface area contributed by atoms with E-state index in [1.807, 2.05) is 54.6 Å². The Balaban J connectivity index is 0.00000176. The van der Waals surface area contributed by atoms with E-state index in [-0.39, 0.29) is 12.4 Å². The Morgan fingerprint density at radius 1 is 1.09 bits per heavy atom. The molecule has 4 nitrogen and oxygen atoms in total. The molecule has 0 aromatic heterocycles. The lowest BCUT2D eigenvalue weighted by Crippen LogP contribution is -2.25. The average molecular weight is 334 g/mol. The molecule has 0 saturated heterocycles. The Morgan fingerprint density at radius 2 is 1.86 bits per heavy atom. The molecule has 1 N–H and O–H groups in total. The van der Waals surface area contributed by atoms with Gasteiger partial charge in [-0.25, -0.2) is 0 Å². The van der Waals surface area contributed by atoms with Crippen LogP contribution in [0.25, 0.3) is 0 Å². The lowest BCUT2D eigenvalue weighted by molar-refractivity contribution is 0.482. The van der Waals surface area contributed by atoms with Crippen molar-refractivity contribution in [3.63, 3.8) is 0 Å². The number of amidine groups is 1. The maximum Gasteiger partial charge on any atom is 0.177 e. The van der Waals surface area contributed by atoms with E-state index >= 15 is 0 Å². The summed E-state index contributed by atoms with van der Waals surface area (Å²) in [6.07, 6.45) is 0. The summed E-state index contributed by atoms with van der Waals surface area (Å²) in [6.45, 7) is 0. The molecule has 6 heteroatoms. The number of halogens is 1. The molecule has 0 aliphatic carbocycles. The zero-order chi connectivity index (χ0) is 14.5. The van der Waals surface area contributed by atoms with Crippen LogP contribution in [0.1, 0.15) is 5.56 Å². The summed E-state index contributed by atoms with van der Waals surface area (Å²) in [6, 6.07) is 17.7. The quantitative estimate of drug-likeness (QED) is 0.925. The van der Waals surface area contributed by atoms with Gasteiger partial charge in [0.05, 0.1) is 5.71 Å². The van der Waals surface area contributed by atoms with Crippen LogP contribution in [0.5, 0.6) is 11.5 Å². The lowest BCUT2D eigenvalue weighted by atomic mass is 10.1. The van der Waals surface area contributed by atoms with Gasteiger partial charge in [-0.15, -0.1) is 12.4 Å². The number of benzene rings is 2. The normalized spacial score (nSPS) is 15.5. The third kappa shape index (κ3) is 4.02. The first-order valence-electron chi connectivity index (χ1n) is 6.60. The third-order valence-electron chi connectivity index (χ3n) is 2.98. The van der Waals surface area contributed by atoms with E-state index in [4.69, 9.17) is 4.74 Å². The van der Waals surface area contributed by atoms with Gasteiger partial charge in [0.25, 0.3) is 0 Å². The highest BCUT2D eigenvalue weighted by Crippen LogP contribution is 2.23. The van der Waals surface area contributed by atoms with E-state index in [1.54, 1.807) is 18.8 Å². The number of aliphatic imine (C=N–C) groups is 1. The van der Waals surface area contributed by atoms with Gasteiger partial charge in [-0.3, -0.25) is 10.4 Å². The molecule has 1 aliphatic heterocycles. The Bertz CT molecular complexity index is 689. The van der Waals surface area contributed by atoms with Crippen LogP contribution >= 0.6 is 24.2 Å². The average Bonchev–Trinajstić information content (AvgIpc) is 2.56. The van der Waals surface area contributed by atoms with Gasteiger partial charge in [-0.05, 0) is 24.3 Å². The molecule has 1 aliphatic rings. The van der Waals surface area contributed by atoms with Gasteiger partial charge in [0.15, 0.2) is 5.17 Å². The number of nitrogens with zero attached hydrogens (tertiary/aromatic N) is 2. The zero-order valence-corrected chi connectivity index (χ0v) is 13.7. The van der Waals surface area contributed by atoms with E-state index in [9.17, 15) is 0 Å². The van der Waals surface area contributed by atoms with Crippen molar-refractivity contribution in [1.82, 2.24) is 5.43 Å². The molecule has 114 valence electrons. The number of ether oxygens (including phenoxy) is 1. The SMILES string of the molecule is CN=C1NN=C(c2cccc(Oc3ccccc3)c2)CS1.Cl. The van der Waals surface area contributed by atoms with Crippen molar-refractivity contribution in [3.8, 4) is 11.5 Å². The predicted octanol–water partition coefficient (Wildman–Crippen LogP) is 3.93. The lowest BCUT2D eigenvalue weighted by Gasteiger charge is -2.15. The minimum atomic E-state index is 0. The van der Waals surface area contributed by atoms with E-state index in [0.717, 1.165) is 33.7 Å². The van der Waals surface area contributed by atoms with Gasteiger partial charge in [0.1, 0.15) is 11.5 Å².